The molecule has 0 radical (unpaired) electrons. The molecule has 1 unspecified atom stereocenters. The van der Waals surface area contributed by atoms with Crippen LogP contribution in [0.25, 0.3) is 0 Å². The predicted octanol–water partition coefficient (Wildman–Crippen LogP) is 3.62. The number of nitrogens with zero attached hydrogens (tertiary/aromatic N) is 1. The molecule has 0 bridgehead atoms. The van der Waals surface area contributed by atoms with E-state index in [4.69, 9.17) is 11.1 Å². The highest BCUT2D eigenvalue weighted by atomic mass is 15.1. The normalized spacial score (nSPS) is 21.0. The molecule has 0 aromatic heterocycles. The lowest BCUT2D eigenvalue weighted by atomic mass is 9.77. The molecule has 116 valence electrons. The van der Waals surface area contributed by atoms with Crippen molar-refractivity contribution in [2.45, 2.75) is 46.6 Å². The number of hydrogen-bond donors (Lipinski definition) is 2. The van der Waals surface area contributed by atoms with Crippen LogP contribution in [0.15, 0.2) is 24.3 Å². The number of nitrogens with one attached hydrogen (secondary N) is 1. The molecule has 21 heavy (non-hydrogen) atoms. The minimum absolute atomic E-state index is 0.153. The topological polar surface area (TPSA) is 53.1 Å². The van der Waals surface area contributed by atoms with Gasteiger partial charge in [0.1, 0.15) is 5.84 Å². The van der Waals surface area contributed by atoms with Crippen molar-refractivity contribution >= 4 is 5.84 Å². The predicted molar refractivity (Wildman–Crippen MR) is 89.5 cm³/mol. The molecule has 0 aliphatic carbocycles. The van der Waals surface area contributed by atoms with E-state index in [1.807, 2.05) is 12.1 Å². The number of benzene rings is 1. The number of nitrogens with two attached hydrogens (primary N) is 1. The zero-order chi connectivity index (χ0) is 15.5. The second-order valence-corrected chi connectivity index (χ2v) is 7.38. The largest absolute Gasteiger partial charge is 0.384 e. The molecule has 1 aliphatic rings. The highest BCUT2D eigenvalue weighted by Crippen LogP contribution is 2.34. The Hall–Kier alpha value is -1.35. The maximum absolute atomic E-state index is 7.55. The van der Waals surface area contributed by atoms with Gasteiger partial charge in [0.05, 0.1) is 0 Å². The fraction of sp³-hybridized carbons (Fsp3) is 0.611. The molecule has 3 nitrogen and oxygen atoms in total. The summed E-state index contributed by atoms with van der Waals surface area (Å²) in [6.07, 6.45) is 3.91. The first-order valence-electron chi connectivity index (χ1n) is 8.02. The molecule has 1 aromatic carbocycles. The summed E-state index contributed by atoms with van der Waals surface area (Å²) in [5, 5.41) is 7.55. The second kappa shape index (κ2) is 6.61. The third-order valence-corrected chi connectivity index (χ3v) is 4.69. The van der Waals surface area contributed by atoms with Crippen LogP contribution in [0, 0.1) is 16.7 Å². The Morgan fingerprint density at radius 3 is 2.71 bits per heavy atom. The van der Waals surface area contributed by atoms with Crippen LogP contribution in [0.1, 0.15) is 51.2 Å². The first kappa shape index (κ1) is 16.0. The van der Waals surface area contributed by atoms with E-state index in [9.17, 15) is 0 Å². The number of likely N-dealkylation sites (tertiary alicyclic amines) is 1. The number of hydrogen-bond acceptors (Lipinski definition) is 2. The Kier molecular flexibility index (Phi) is 5.04. The van der Waals surface area contributed by atoms with Crippen LogP contribution in [0.4, 0.5) is 0 Å². The molecule has 1 saturated heterocycles. The quantitative estimate of drug-likeness (QED) is 0.659. The molecule has 0 saturated carbocycles. The Morgan fingerprint density at radius 2 is 2.05 bits per heavy atom. The van der Waals surface area contributed by atoms with Crippen LogP contribution in [0.2, 0.25) is 0 Å². The zero-order valence-electron chi connectivity index (χ0n) is 13.7. The van der Waals surface area contributed by atoms with Crippen LogP contribution in [0.3, 0.4) is 0 Å². The molecule has 3 N–H and O–H groups in total. The van der Waals surface area contributed by atoms with Crippen molar-refractivity contribution in [3.63, 3.8) is 0 Å². The fourth-order valence-corrected chi connectivity index (χ4v) is 3.28. The van der Waals surface area contributed by atoms with Crippen LogP contribution < -0.4 is 5.73 Å². The number of nitrogen functional groups attached to an aromatic ring is 1. The van der Waals surface area contributed by atoms with Gasteiger partial charge in [0.15, 0.2) is 0 Å². The van der Waals surface area contributed by atoms with E-state index in [1.165, 1.54) is 37.9 Å². The number of amidine groups is 1. The van der Waals surface area contributed by atoms with Gasteiger partial charge in [-0.25, -0.2) is 0 Å². The molecule has 3 heteroatoms. The molecule has 1 atom stereocenters. The average molecular weight is 287 g/mol. The standard InChI is InChI=1S/C18H29N3/c1-18(2,3)16-8-5-10-21(11-9-16)13-14-6-4-7-15(12-14)17(19)20/h4,6-7,12,16H,5,8-11,13H2,1-3H3,(H3,19,20). The Morgan fingerprint density at radius 1 is 1.29 bits per heavy atom. The lowest BCUT2D eigenvalue weighted by Crippen LogP contribution is -2.26. The second-order valence-electron chi connectivity index (χ2n) is 7.38. The summed E-state index contributed by atoms with van der Waals surface area (Å²) in [6, 6.07) is 8.10. The molecule has 1 aliphatic heterocycles. The zero-order valence-corrected chi connectivity index (χ0v) is 13.7. The summed E-state index contributed by atoms with van der Waals surface area (Å²) in [7, 11) is 0. The minimum Gasteiger partial charge on any atom is -0.384 e. The van der Waals surface area contributed by atoms with E-state index in [1.54, 1.807) is 0 Å². The van der Waals surface area contributed by atoms with Gasteiger partial charge in [-0.1, -0.05) is 39.0 Å². The van der Waals surface area contributed by atoms with E-state index >= 15 is 0 Å². The van der Waals surface area contributed by atoms with E-state index < -0.39 is 0 Å². The van der Waals surface area contributed by atoms with Crippen molar-refractivity contribution in [1.82, 2.24) is 4.90 Å². The van der Waals surface area contributed by atoms with Gasteiger partial charge in [0.2, 0.25) is 0 Å². The Labute approximate surface area is 129 Å². The van der Waals surface area contributed by atoms with Gasteiger partial charge in [-0.15, -0.1) is 0 Å². The fourth-order valence-electron chi connectivity index (χ4n) is 3.28. The van der Waals surface area contributed by atoms with E-state index in [-0.39, 0.29) is 5.84 Å². The summed E-state index contributed by atoms with van der Waals surface area (Å²) >= 11 is 0. The molecular formula is C18H29N3. The summed E-state index contributed by atoms with van der Waals surface area (Å²) in [5.41, 5.74) is 8.09. The Bertz CT molecular complexity index is 487. The minimum atomic E-state index is 0.153. The van der Waals surface area contributed by atoms with Crippen molar-refractivity contribution in [3.8, 4) is 0 Å². The first-order chi connectivity index (χ1) is 9.86. The van der Waals surface area contributed by atoms with Crippen LogP contribution in [-0.4, -0.2) is 23.8 Å². The molecule has 1 heterocycles. The summed E-state index contributed by atoms with van der Waals surface area (Å²) in [5.74, 6) is 0.978. The first-order valence-corrected chi connectivity index (χ1v) is 8.02. The highest BCUT2D eigenvalue weighted by Gasteiger charge is 2.26. The van der Waals surface area contributed by atoms with Crippen LogP contribution in [-0.2, 0) is 6.54 Å². The maximum Gasteiger partial charge on any atom is 0.122 e. The maximum atomic E-state index is 7.55. The molecule has 2 rings (SSSR count). The average Bonchev–Trinajstić information content (AvgIpc) is 2.64. The van der Waals surface area contributed by atoms with Gasteiger partial charge in [0.25, 0.3) is 0 Å². The monoisotopic (exact) mass is 287 g/mol. The van der Waals surface area contributed by atoms with E-state index in [2.05, 4.69) is 37.8 Å². The van der Waals surface area contributed by atoms with Crippen molar-refractivity contribution in [2.24, 2.45) is 17.1 Å². The molecule has 0 amide bonds. The third kappa shape index (κ3) is 4.57. The third-order valence-electron chi connectivity index (χ3n) is 4.69. The lowest BCUT2D eigenvalue weighted by molar-refractivity contribution is 0.206. The number of rotatable bonds is 3. The van der Waals surface area contributed by atoms with Gasteiger partial charge < -0.3 is 5.73 Å². The van der Waals surface area contributed by atoms with Gasteiger partial charge >= 0.3 is 0 Å². The highest BCUT2D eigenvalue weighted by molar-refractivity contribution is 5.95. The Balaban J connectivity index is 1.98. The van der Waals surface area contributed by atoms with Crippen molar-refractivity contribution in [1.29, 1.82) is 5.41 Å². The van der Waals surface area contributed by atoms with E-state index in [0.29, 0.717) is 5.41 Å². The smallest absolute Gasteiger partial charge is 0.122 e. The van der Waals surface area contributed by atoms with Gasteiger partial charge in [-0.3, -0.25) is 10.3 Å². The van der Waals surface area contributed by atoms with Gasteiger partial charge in [0, 0.05) is 12.1 Å². The van der Waals surface area contributed by atoms with Crippen molar-refractivity contribution in [2.75, 3.05) is 13.1 Å². The van der Waals surface area contributed by atoms with Gasteiger partial charge in [-0.2, -0.15) is 0 Å². The van der Waals surface area contributed by atoms with Crippen LogP contribution in [0.5, 0.6) is 0 Å². The molecule has 1 fully saturated rings. The van der Waals surface area contributed by atoms with E-state index in [0.717, 1.165) is 18.0 Å². The lowest BCUT2D eigenvalue weighted by Gasteiger charge is -2.29. The van der Waals surface area contributed by atoms with Crippen molar-refractivity contribution in [3.05, 3.63) is 35.4 Å². The van der Waals surface area contributed by atoms with Crippen LogP contribution >= 0.6 is 0 Å². The summed E-state index contributed by atoms with van der Waals surface area (Å²) < 4.78 is 0. The summed E-state index contributed by atoms with van der Waals surface area (Å²) in [6.45, 7) is 10.4. The molecule has 0 spiro atoms. The molecular weight excluding hydrogens is 258 g/mol. The molecule has 1 aromatic rings. The van der Waals surface area contributed by atoms with Crippen molar-refractivity contribution < 1.29 is 0 Å². The SMILES string of the molecule is CC(C)(C)C1CCCN(Cc2cccc(C(=N)N)c2)CC1. The summed E-state index contributed by atoms with van der Waals surface area (Å²) in [4.78, 5) is 2.55. The van der Waals surface area contributed by atoms with Gasteiger partial charge in [-0.05, 0) is 55.3 Å².